The summed E-state index contributed by atoms with van der Waals surface area (Å²) in [7, 11) is 0. The summed E-state index contributed by atoms with van der Waals surface area (Å²) in [6.07, 6.45) is -0.234. The van der Waals surface area contributed by atoms with Gasteiger partial charge >= 0.3 is 12.2 Å². The maximum atomic E-state index is 14.2. The lowest BCUT2D eigenvalue weighted by Gasteiger charge is -2.45. The fraction of sp³-hybridized carbons (Fsp3) is 0.241. The smallest absolute Gasteiger partial charge is 0.412 e. The Balaban J connectivity index is 1.30. The molecule has 3 heterocycles. The number of amides is 3. The minimum atomic E-state index is -1.20. The van der Waals surface area contributed by atoms with Crippen molar-refractivity contribution in [3.8, 4) is 0 Å². The molecule has 41 heavy (non-hydrogen) atoms. The summed E-state index contributed by atoms with van der Waals surface area (Å²) in [6.45, 7) is 0.654. The Kier molecular flexibility index (Phi) is 6.88. The van der Waals surface area contributed by atoms with Gasteiger partial charge in [0, 0.05) is 35.3 Å². The second-order valence-electron chi connectivity index (χ2n) is 10.1. The Hall–Kier alpha value is -4.77. The van der Waals surface area contributed by atoms with E-state index in [4.69, 9.17) is 26.0 Å². The number of anilines is 3. The molecule has 0 aliphatic carbocycles. The van der Waals surface area contributed by atoms with Crippen molar-refractivity contribution in [2.24, 2.45) is 0 Å². The molecule has 2 aliphatic rings. The Morgan fingerprint density at radius 1 is 1.15 bits per heavy atom. The van der Waals surface area contributed by atoms with E-state index in [2.05, 4.69) is 21.1 Å². The van der Waals surface area contributed by atoms with Crippen LogP contribution < -0.4 is 16.0 Å². The van der Waals surface area contributed by atoms with E-state index < -0.39 is 23.8 Å². The molecule has 11 nitrogen and oxygen atoms in total. The summed E-state index contributed by atoms with van der Waals surface area (Å²) in [4.78, 5) is 39.4. The maximum Gasteiger partial charge on any atom is 0.412 e. The van der Waals surface area contributed by atoms with Crippen LogP contribution in [0, 0.1) is 0 Å². The second-order valence-corrected chi connectivity index (χ2v) is 10.6. The van der Waals surface area contributed by atoms with E-state index in [1.165, 1.54) is 6.07 Å². The van der Waals surface area contributed by atoms with E-state index in [-0.39, 0.29) is 12.5 Å². The van der Waals surface area contributed by atoms with Crippen LogP contribution in [-0.4, -0.2) is 52.4 Å². The van der Waals surface area contributed by atoms with Gasteiger partial charge in [0.15, 0.2) is 17.0 Å². The average molecular weight is 576 g/mol. The zero-order chi connectivity index (χ0) is 28.6. The van der Waals surface area contributed by atoms with E-state index in [9.17, 15) is 14.4 Å². The van der Waals surface area contributed by atoms with Crippen LogP contribution >= 0.6 is 11.6 Å². The molecule has 1 spiro atoms. The highest BCUT2D eigenvalue weighted by molar-refractivity contribution is 6.30. The van der Waals surface area contributed by atoms with Crippen LogP contribution in [0.2, 0.25) is 5.02 Å². The molecule has 6 rings (SSSR count). The molecular weight excluding hydrogens is 550 g/mol. The molecular formula is C29H26ClN5O6. The van der Waals surface area contributed by atoms with Crippen LogP contribution in [0.25, 0.3) is 11.0 Å². The SMILES string of the molecule is O=C(O)Nc1ccc2c(N[C@@H](Cc3ccccc3)C(=O)N3CCC[C@@]4(C3)OC(=O)Nc3ccc(Cl)cc34)noc2c1. The largest absolute Gasteiger partial charge is 0.465 e. The Morgan fingerprint density at radius 3 is 2.78 bits per heavy atom. The minimum Gasteiger partial charge on any atom is -0.465 e. The van der Waals surface area contributed by atoms with Gasteiger partial charge in [-0.3, -0.25) is 15.4 Å². The summed E-state index contributed by atoms with van der Waals surface area (Å²) in [5.41, 5.74) is 1.96. The number of rotatable bonds is 6. The fourth-order valence-electron chi connectivity index (χ4n) is 5.56. The minimum absolute atomic E-state index is 0.170. The van der Waals surface area contributed by atoms with Gasteiger partial charge in [-0.15, -0.1) is 0 Å². The van der Waals surface area contributed by atoms with Crippen molar-refractivity contribution in [2.75, 3.05) is 29.0 Å². The third-order valence-corrected chi connectivity index (χ3v) is 7.61. The summed E-state index contributed by atoms with van der Waals surface area (Å²) in [5, 5.41) is 22.5. The molecule has 4 N–H and O–H groups in total. The number of piperidine rings is 1. The number of carboxylic acid groups (broad SMARTS) is 1. The van der Waals surface area contributed by atoms with Crippen molar-refractivity contribution >= 4 is 57.9 Å². The summed E-state index contributed by atoms with van der Waals surface area (Å²) in [5.74, 6) is 0.166. The van der Waals surface area contributed by atoms with Gasteiger partial charge in [-0.2, -0.15) is 0 Å². The second kappa shape index (κ2) is 10.7. The van der Waals surface area contributed by atoms with Gasteiger partial charge in [0.1, 0.15) is 6.04 Å². The van der Waals surface area contributed by atoms with Gasteiger partial charge in [0.05, 0.1) is 17.6 Å². The molecule has 0 bridgehead atoms. The lowest BCUT2D eigenvalue weighted by molar-refractivity contribution is -0.139. The Morgan fingerprint density at radius 2 is 1.98 bits per heavy atom. The molecule has 3 amide bonds. The van der Waals surface area contributed by atoms with Crippen molar-refractivity contribution in [1.82, 2.24) is 10.1 Å². The van der Waals surface area contributed by atoms with Crippen LogP contribution in [0.1, 0.15) is 24.0 Å². The number of carbonyl (C=O) groups excluding carboxylic acids is 2. The average Bonchev–Trinajstić information content (AvgIpc) is 3.35. The lowest BCUT2D eigenvalue weighted by atomic mass is 9.83. The number of halogens is 1. The highest BCUT2D eigenvalue weighted by atomic mass is 35.5. The molecule has 12 heteroatoms. The lowest BCUT2D eigenvalue weighted by Crippen LogP contribution is -2.56. The molecule has 4 aromatic rings. The van der Waals surface area contributed by atoms with Gasteiger partial charge in [0.2, 0.25) is 5.91 Å². The van der Waals surface area contributed by atoms with Crippen molar-refractivity contribution in [2.45, 2.75) is 30.9 Å². The molecule has 0 saturated carbocycles. The van der Waals surface area contributed by atoms with Crippen molar-refractivity contribution in [1.29, 1.82) is 0 Å². The molecule has 2 aliphatic heterocycles. The van der Waals surface area contributed by atoms with Gasteiger partial charge < -0.3 is 24.6 Å². The van der Waals surface area contributed by atoms with Crippen molar-refractivity contribution in [3.63, 3.8) is 0 Å². The predicted molar refractivity (Wildman–Crippen MR) is 152 cm³/mol. The Bertz CT molecular complexity index is 1640. The van der Waals surface area contributed by atoms with Gasteiger partial charge in [-0.05, 0) is 48.7 Å². The summed E-state index contributed by atoms with van der Waals surface area (Å²) >= 11 is 6.31. The molecule has 3 aromatic carbocycles. The summed E-state index contributed by atoms with van der Waals surface area (Å²) < 4.78 is 11.3. The first-order valence-corrected chi connectivity index (χ1v) is 13.5. The monoisotopic (exact) mass is 575 g/mol. The van der Waals surface area contributed by atoms with E-state index >= 15 is 0 Å². The topological polar surface area (TPSA) is 146 Å². The molecule has 2 atom stereocenters. The molecule has 0 unspecified atom stereocenters. The predicted octanol–water partition coefficient (Wildman–Crippen LogP) is 5.67. The van der Waals surface area contributed by atoms with Gasteiger partial charge in [0.25, 0.3) is 0 Å². The number of carbonyl (C=O) groups is 3. The first kappa shape index (κ1) is 26.5. The zero-order valence-electron chi connectivity index (χ0n) is 21.7. The maximum absolute atomic E-state index is 14.2. The molecule has 1 aromatic heterocycles. The number of nitrogens with one attached hydrogen (secondary N) is 3. The van der Waals surface area contributed by atoms with E-state index in [0.717, 1.165) is 11.1 Å². The first-order valence-electron chi connectivity index (χ1n) is 13.1. The van der Waals surface area contributed by atoms with Crippen LogP contribution in [0.15, 0.2) is 71.3 Å². The fourth-order valence-corrected chi connectivity index (χ4v) is 5.73. The quantitative estimate of drug-likeness (QED) is 0.230. The third kappa shape index (κ3) is 5.36. The number of likely N-dealkylation sites (tertiary alicyclic amines) is 1. The number of aromatic nitrogens is 1. The van der Waals surface area contributed by atoms with Gasteiger partial charge in [-0.25, -0.2) is 9.59 Å². The highest BCUT2D eigenvalue weighted by Crippen LogP contribution is 2.43. The van der Waals surface area contributed by atoms with Gasteiger partial charge in [-0.1, -0.05) is 47.1 Å². The number of benzene rings is 3. The number of hydrogen-bond donors (Lipinski definition) is 4. The normalized spacial score (nSPS) is 18.8. The van der Waals surface area contributed by atoms with Crippen molar-refractivity contribution < 1.29 is 28.8 Å². The number of ether oxygens (including phenoxy) is 1. The molecule has 1 saturated heterocycles. The van der Waals surface area contributed by atoms with E-state index in [1.54, 1.807) is 35.2 Å². The first-order chi connectivity index (χ1) is 19.8. The van der Waals surface area contributed by atoms with Crippen LogP contribution in [0.5, 0.6) is 0 Å². The number of fused-ring (bicyclic) bond motifs is 3. The molecule has 0 radical (unpaired) electrons. The number of hydrogen-bond acceptors (Lipinski definition) is 7. The van der Waals surface area contributed by atoms with Crippen LogP contribution in [-0.2, 0) is 21.6 Å². The zero-order valence-corrected chi connectivity index (χ0v) is 22.5. The molecule has 210 valence electrons. The number of nitrogens with zero attached hydrogens (tertiary/aromatic N) is 2. The standard InChI is InChI=1S/C29H26ClN5O6/c30-18-7-10-22-21(14-18)29(40-28(39)33-22)11-4-12-35(16-29)26(36)23(13-17-5-2-1-3-6-17)32-25-20-9-8-19(31-27(37)38)15-24(20)41-34-25/h1-3,5-10,14-15,23,31H,4,11-13,16H2,(H,32,34)(H,33,39)(H,37,38)/t23-,29-/m0/s1. The van der Waals surface area contributed by atoms with Crippen LogP contribution in [0.3, 0.4) is 0 Å². The summed E-state index contributed by atoms with van der Waals surface area (Å²) in [6, 6.07) is 18.9. The van der Waals surface area contributed by atoms with E-state index in [0.29, 0.717) is 59.0 Å². The van der Waals surface area contributed by atoms with E-state index in [1.807, 2.05) is 30.3 Å². The third-order valence-electron chi connectivity index (χ3n) is 7.38. The highest BCUT2D eigenvalue weighted by Gasteiger charge is 2.47. The van der Waals surface area contributed by atoms with Crippen molar-refractivity contribution in [3.05, 3.63) is 82.9 Å². The van der Waals surface area contributed by atoms with Crippen LogP contribution in [0.4, 0.5) is 26.8 Å². The molecule has 1 fully saturated rings. The Labute approximate surface area is 239 Å².